The van der Waals surface area contributed by atoms with Gasteiger partial charge >= 0.3 is 0 Å². The normalized spacial score (nSPS) is 13.1. The van der Waals surface area contributed by atoms with Gasteiger partial charge in [0, 0.05) is 38.8 Å². The molecule has 7 aromatic carbocycles. The Bertz CT molecular complexity index is 2460. The van der Waals surface area contributed by atoms with Crippen LogP contribution < -0.4 is 4.90 Å². The molecule has 0 unspecified atom stereocenters. The lowest BCUT2D eigenvalue weighted by Crippen LogP contribution is -2.16. The topological polar surface area (TPSA) is 16.4 Å². The first kappa shape index (κ1) is 28.4. The first-order valence-corrected chi connectivity index (χ1v) is 16.7. The average Bonchev–Trinajstić information content (AvgIpc) is 3.62. The Morgan fingerprint density at radius 2 is 1.02 bits per heavy atom. The van der Waals surface area contributed by atoms with Crippen LogP contribution in [0.2, 0.25) is 0 Å². The molecule has 0 bridgehead atoms. The maximum absolute atomic E-state index is 6.39. The second-order valence-electron chi connectivity index (χ2n) is 13.5. The molecule has 1 aliphatic rings. The van der Waals surface area contributed by atoms with Crippen molar-refractivity contribution in [3.63, 3.8) is 0 Å². The van der Waals surface area contributed by atoms with Gasteiger partial charge in [0.1, 0.15) is 11.2 Å². The fourth-order valence-electron chi connectivity index (χ4n) is 7.59. The Balaban J connectivity index is 1.16. The van der Waals surface area contributed by atoms with Gasteiger partial charge in [0.05, 0.1) is 0 Å². The molecule has 8 aromatic rings. The summed E-state index contributed by atoms with van der Waals surface area (Å²) in [5.74, 6) is 0. The lowest BCUT2D eigenvalue weighted by molar-refractivity contribution is 0.660. The van der Waals surface area contributed by atoms with Gasteiger partial charge in [-0.25, -0.2) is 0 Å². The number of rotatable bonds is 5. The van der Waals surface area contributed by atoms with Gasteiger partial charge in [-0.2, -0.15) is 0 Å². The quantitative estimate of drug-likeness (QED) is 0.191. The minimum Gasteiger partial charge on any atom is -0.455 e. The molecule has 2 heteroatoms. The van der Waals surface area contributed by atoms with E-state index < -0.39 is 0 Å². The summed E-state index contributed by atoms with van der Waals surface area (Å²) in [4.78, 5) is 2.38. The molecule has 9 rings (SSSR count). The third kappa shape index (κ3) is 4.48. The Kier molecular flexibility index (Phi) is 6.42. The monoisotopic (exact) mass is 617 g/mol. The minimum atomic E-state index is -0.0853. The largest absolute Gasteiger partial charge is 0.455 e. The molecule has 2 nitrogen and oxygen atoms in total. The van der Waals surface area contributed by atoms with Crippen LogP contribution in [0.3, 0.4) is 0 Å². The number of para-hydroxylation sites is 2. The lowest BCUT2D eigenvalue weighted by Gasteiger charge is -2.28. The molecule has 48 heavy (non-hydrogen) atoms. The third-order valence-corrected chi connectivity index (χ3v) is 10.2. The van der Waals surface area contributed by atoms with Crippen LogP contribution in [0.1, 0.15) is 30.5 Å². The summed E-state index contributed by atoms with van der Waals surface area (Å²) >= 11 is 0. The minimum absolute atomic E-state index is 0.0853. The van der Waals surface area contributed by atoms with Crippen molar-refractivity contribution in [3.8, 4) is 33.4 Å². The number of aryl methyl sites for hydroxylation is 1. The predicted molar refractivity (Wildman–Crippen MR) is 202 cm³/mol. The van der Waals surface area contributed by atoms with Crippen molar-refractivity contribution in [3.05, 3.63) is 174 Å². The van der Waals surface area contributed by atoms with E-state index in [1.807, 2.05) is 12.1 Å². The third-order valence-electron chi connectivity index (χ3n) is 10.2. The summed E-state index contributed by atoms with van der Waals surface area (Å²) in [5.41, 5.74) is 16.4. The van der Waals surface area contributed by atoms with Crippen molar-refractivity contribution < 1.29 is 4.42 Å². The van der Waals surface area contributed by atoms with E-state index in [2.05, 4.69) is 171 Å². The lowest BCUT2D eigenvalue weighted by atomic mass is 9.82. The summed E-state index contributed by atoms with van der Waals surface area (Å²) in [7, 11) is 0. The van der Waals surface area contributed by atoms with Crippen molar-refractivity contribution in [2.45, 2.75) is 26.2 Å². The van der Waals surface area contributed by atoms with Gasteiger partial charge in [-0.05, 0) is 88.3 Å². The molecule has 0 saturated carbocycles. The predicted octanol–water partition coefficient (Wildman–Crippen LogP) is 13.0. The number of anilines is 3. The Hall–Kier alpha value is -5.86. The fraction of sp³-hybridized carbons (Fsp3) is 0.0870. The summed E-state index contributed by atoms with van der Waals surface area (Å²) in [6, 6.07) is 57.1. The molecule has 0 radical (unpaired) electrons. The van der Waals surface area contributed by atoms with Crippen molar-refractivity contribution in [1.82, 2.24) is 0 Å². The summed E-state index contributed by atoms with van der Waals surface area (Å²) in [5, 5.41) is 2.29. The van der Waals surface area contributed by atoms with Crippen LogP contribution in [0.15, 0.2) is 162 Å². The Labute approximate surface area is 281 Å². The number of benzene rings is 7. The summed E-state index contributed by atoms with van der Waals surface area (Å²) in [6.07, 6.45) is 0. The van der Waals surface area contributed by atoms with E-state index in [4.69, 9.17) is 4.42 Å². The zero-order valence-corrected chi connectivity index (χ0v) is 27.4. The van der Waals surface area contributed by atoms with Gasteiger partial charge in [0.2, 0.25) is 0 Å². The summed E-state index contributed by atoms with van der Waals surface area (Å²) < 4.78 is 6.39. The highest BCUT2D eigenvalue weighted by molar-refractivity contribution is 6.09. The van der Waals surface area contributed by atoms with Crippen molar-refractivity contribution in [2.24, 2.45) is 0 Å². The van der Waals surface area contributed by atoms with Gasteiger partial charge in [-0.3, -0.25) is 0 Å². The first-order valence-electron chi connectivity index (χ1n) is 16.7. The van der Waals surface area contributed by atoms with E-state index in [0.29, 0.717) is 0 Å². The smallest absolute Gasteiger partial charge is 0.143 e. The standard InChI is InChI=1S/C46H35NO/c1-30-15-17-31(18-16-30)32-19-23-34(24-20-32)47(36-27-28-39-38-9-4-6-13-42(38)46(2,3)43(39)29-36)35-25-21-33(22-26-35)37-11-8-12-41-40-10-5-7-14-44(40)48-45(37)41/h4-29H,1-3H3. The van der Waals surface area contributed by atoms with Gasteiger partial charge in [-0.1, -0.05) is 135 Å². The number of fused-ring (bicyclic) bond motifs is 6. The molecular formula is C46H35NO. The van der Waals surface area contributed by atoms with Crippen LogP contribution >= 0.6 is 0 Å². The molecule has 0 saturated heterocycles. The molecule has 1 heterocycles. The van der Waals surface area contributed by atoms with Gasteiger partial charge < -0.3 is 9.32 Å². The van der Waals surface area contributed by atoms with E-state index >= 15 is 0 Å². The fourth-order valence-corrected chi connectivity index (χ4v) is 7.59. The number of hydrogen-bond donors (Lipinski definition) is 0. The van der Waals surface area contributed by atoms with E-state index in [-0.39, 0.29) is 5.41 Å². The number of furan rings is 1. The van der Waals surface area contributed by atoms with E-state index in [9.17, 15) is 0 Å². The maximum atomic E-state index is 6.39. The molecule has 0 spiro atoms. The van der Waals surface area contributed by atoms with Crippen molar-refractivity contribution >= 4 is 39.0 Å². The van der Waals surface area contributed by atoms with E-state index in [0.717, 1.165) is 50.1 Å². The van der Waals surface area contributed by atoms with Crippen LogP contribution in [0, 0.1) is 6.92 Å². The van der Waals surface area contributed by atoms with Crippen LogP contribution in [-0.4, -0.2) is 0 Å². The molecule has 0 amide bonds. The zero-order valence-electron chi connectivity index (χ0n) is 27.4. The zero-order chi connectivity index (χ0) is 32.4. The molecule has 1 aliphatic carbocycles. The van der Waals surface area contributed by atoms with Crippen LogP contribution in [-0.2, 0) is 5.41 Å². The van der Waals surface area contributed by atoms with Crippen molar-refractivity contribution in [1.29, 1.82) is 0 Å². The van der Waals surface area contributed by atoms with Crippen LogP contribution in [0.25, 0.3) is 55.3 Å². The first-order chi connectivity index (χ1) is 23.5. The van der Waals surface area contributed by atoms with Crippen molar-refractivity contribution in [2.75, 3.05) is 4.90 Å². The average molecular weight is 618 g/mol. The second-order valence-corrected chi connectivity index (χ2v) is 13.5. The van der Waals surface area contributed by atoms with Gasteiger partial charge in [-0.15, -0.1) is 0 Å². The Morgan fingerprint density at radius 1 is 0.458 bits per heavy atom. The second kappa shape index (κ2) is 10.9. The summed E-state index contributed by atoms with van der Waals surface area (Å²) in [6.45, 7) is 6.81. The van der Waals surface area contributed by atoms with Crippen LogP contribution in [0.5, 0.6) is 0 Å². The van der Waals surface area contributed by atoms with E-state index in [1.54, 1.807) is 0 Å². The molecule has 0 aliphatic heterocycles. The highest BCUT2D eigenvalue weighted by atomic mass is 16.3. The number of hydrogen-bond acceptors (Lipinski definition) is 2. The molecule has 0 N–H and O–H groups in total. The molecule has 230 valence electrons. The molecule has 0 atom stereocenters. The maximum Gasteiger partial charge on any atom is 0.143 e. The van der Waals surface area contributed by atoms with E-state index in [1.165, 1.54) is 38.9 Å². The molecule has 1 aromatic heterocycles. The van der Waals surface area contributed by atoms with Gasteiger partial charge in [0.25, 0.3) is 0 Å². The number of nitrogens with zero attached hydrogens (tertiary/aromatic N) is 1. The highest BCUT2D eigenvalue weighted by Gasteiger charge is 2.35. The van der Waals surface area contributed by atoms with Gasteiger partial charge in [0.15, 0.2) is 0 Å². The molecule has 0 fully saturated rings. The molecular weight excluding hydrogens is 583 g/mol. The highest BCUT2D eigenvalue weighted by Crippen LogP contribution is 2.50. The Morgan fingerprint density at radius 3 is 1.77 bits per heavy atom. The SMILES string of the molecule is Cc1ccc(-c2ccc(N(c3ccc(-c4cccc5c4oc4ccccc45)cc3)c3ccc4c(c3)C(C)(C)c3ccccc3-4)cc2)cc1. The van der Waals surface area contributed by atoms with Crippen LogP contribution in [0.4, 0.5) is 17.1 Å².